The zero-order valence-electron chi connectivity index (χ0n) is 16.2. The maximum atomic E-state index is 12.5. The predicted molar refractivity (Wildman–Crippen MR) is 105 cm³/mol. The number of tetrazole rings is 1. The maximum Gasteiger partial charge on any atom is 0.226 e. The molecule has 0 aliphatic heterocycles. The number of carbonyl (C=O) groups is 1. The Morgan fingerprint density at radius 2 is 1.61 bits per heavy atom. The lowest BCUT2D eigenvalue weighted by molar-refractivity contribution is -0.118. The highest BCUT2D eigenvalue weighted by Crippen LogP contribution is 2.19. The maximum absolute atomic E-state index is 12.5. The number of nitrogens with zero attached hydrogens (tertiary/aromatic N) is 5. The lowest BCUT2D eigenvalue weighted by atomic mass is 10.2. The minimum absolute atomic E-state index is 0.0358. The summed E-state index contributed by atoms with van der Waals surface area (Å²) in [5.41, 5.74) is 1.68. The molecule has 0 radical (unpaired) electrons. The fourth-order valence-corrected chi connectivity index (χ4v) is 2.80. The summed E-state index contributed by atoms with van der Waals surface area (Å²) in [5, 5.41) is 11.9. The van der Waals surface area contributed by atoms with Gasteiger partial charge in [-0.05, 0) is 65.4 Å². The molecule has 0 bridgehead atoms. The Kier molecular flexibility index (Phi) is 6.21. The van der Waals surface area contributed by atoms with Crippen LogP contribution in [-0.2, 0) is 11.2 Å². The lowest BCUT2D eigenvalue weighted by Gasteiger charge is -2.17. The number of carbonyl (C=O) groups excluding carboxylic acids is 1. The van der Waals surface area contributed by atoms with Crippen molar-refractivity contribution in [2.45, 2.75) is 19.3 Å². The van der Waals surface area contributed by atoms with Crippen LogP contribution in [0.3, 0.4) is 0 Å². The van der Waals surface area contributed by atoms with Gasteiger partial charge in [-0.15, -0.1) is 5.10 Å². The molecule has 0 unspecified atom stereocenters. The van der Waals surface area contributed by atoms with Crippen molar-refractivity contribution >= 4 is 11.6 Å². The molecule has 1 heterocycles. The van der Waals surface area contributed by atoms with Crippen molar-refractivity contribution in [2.24, 2.45) is 0 Å². The first kappa shape index (κ1) is 19.3. The van der Waals surface area contributed by atoms with Gasteiger partial charge in [0.2, 0.25) is 5.91 Å². The molecule has 0 fully saturated rings. The molecule has 1 amide bonds. The zero-order valence-corrected chi connectivity index (χ0v) is 16.2. The van der Waals surface area contributed by atoms with E-state index >= 15 is 0 Å². The molecule has 0 N–H and O–H groups in total. The van der Waals surface area contributed by atoms with E-state index in [4.69, 9.17) is 9.47 Å². The van der Waals surface area contributed by atoms with Gasteiger partial charge in [0.05, 0.1) is 19.9 Å². The molecule has 0 saturated heterocycles. The SMILES string of the molecule is COc1ccc(N(C)C(=O)CCCc2nnnn2-c2ccc(OC)cc2)cc1. The average molecular weight is 381 g/mol. The van der Waals surface area contributed by atoms with Crippen molar-refractivity contribution in [3.63, 3.8) is 0 Å². The van der Waals surface area contributed by atoms with Crippen LogP contribution in [-0.4, -0.2) is 47.4 Å². The van der Waals surface area contributed by atoms with Crippen LogP contribution in [0.2, 0.25) is 0 Å². The van der Waals surface area contributed by atoms with Crippen LogP contribution in [0, 0.1) is 0 Å². The number of amides is 1. The van der Waals surface area contributed by atoms with Crippen molar-refractivity contribution in [1.82, 2.24) is 20.2 Å². The number of hydrogen-bond donors (Lipinski definition) is 0. The number of ether oxygens (including phenoxy) is 2. The van der Waals surface area contributed by atoms with Gasteiger partial charge < -0.3 is 14.4 Å². The van der Waals surface area contributed by atoms with E-state index in [0.717, 1.165) is 22.9 Å². The van der Waals surface area contributed by atoms with Gasteiger partial charge >= 0.3 is 0 Å². The van der Waals surface area contributed by atoms with Crippen molar-refractivity contribution < 1.29 is 14.3 Å². The van der Waals surface area contributed by atoms with Crippen LogP contribution in [0.5, 0.6) is 11.5 Å². The highest BCUT2D eigenvalue weighted by Gasteiger charge is 2.13. The topological polar surface area (TPSA) is 82.4 Å². The first-order valence-corrected chi connectivity index (χ1v) is 8.94. The number of benzene rings is 2. The van der Waals surface area contributed by atoms with Crippen LogP contribution in [0.25, 0.3) is 5.69 Å². The number of anilines is 1. The fourth-order valence-electron chi connectivity index (χ4n) is 2.80. The standard InChI is InChI=1S/C20H23N5O3/c1-24(15-7-11-17(27-2)12-8-15)20(26)6-4-5-19-21-22-23-25(19)16-9-13-18(28-3)14-10-16/h7-14H,4-6H2,1-3H3. The summed E-state index contributed by atoms with van der Waals surface area (Å²) in [7, 11) is 5.01. The van der Waals surface area contributed by atoms with Crippen LogP contribution in [0.15, 0.2) is 48.5 Å². The molecule has 146 valence electrons. The third kappa shape index (κ3) is 4.46. The Bertz CT molecular complexity index is 906. The summed E-state index contributed by atoms with van der Waals surface area (Å²) in [6.45, 7) is 0. The monoisotopic (exact) mass is 381 g/mol. The normalized spacial score (nSPS) is 10.5. The molecule has 0 aliphatic carbocycles. The molecule has 8 nitrogen and oxygen atoms in total. The van der Waals surface area contributed by atoms with E-state index in [1.807, 2.05) is 48.5 Å². The molecule has 0 aliphatic rings. The van der Waals surface area contributed by atoms with E-state index in [-0.39, 0.29) is 5.91 Å². The largest absolute Gasteiger partial charge is 0.497 e. The van der Waals surface area contributed by atoms with Gasteiger partial charge in [0, 0.05) is 25.6 Å². The van der Waals surface area contributed by atoms with Crippen molar-refractivity contribution in [3.05, 3.63) is 54.4 Å². The Labute approximate surface area is 163 Å². The fraction of sp³-hybridized carbons (Fsp3) is 0.300. The number of hydrogen-bond acceptors (Lipinski definition) is 6. The van der Waals surface area contributed by atoms with Gasteiger partial charge in [0.25, 0.3) is 0 Å². The van der Waals surface area contributed by atoms with Crippen molar-refractivity contribution in [2.75, 3.05) is 26.2 Å². The van der Waals surface area contributed by atoms with E-state index in [1.54, 1.807) is 30.8 Å². The summed E-state index contributed by atoms with van der Waals surface area (Å²) < 4.78 is 12.0. The average Bonchev–Trinajstić information content (AvgIpc) is 3.21. The highest BCUT2D eigenvalue weighted by molar-refractivity contribution is 5.92. The number of rotatable bonds is 8. The molecular formula is C20H23N5O3. The van der Waals surface area contributed by atoms with Crippen molar-refractivity contribution in [3.8, 4) is 17.2 Å². The van der Waals surface area contributed by atoms with E-state index in [0.29, 0.717) is 25.1 Å². The van der Waals surface area contributed by atoms with E-state index in [1.165, 1.54) is 0 Å². The number of aryl methyl sites for hydroxylation is 1. The second-order valence-electron chi connectivity index (χ2n) is 6.21. The van der Waals surface area contributed by atoms with Gasteiger partial charge in [-0.1, -0.05) is 0 Å². The van der Waals surface area contributed by atoms with E-state index in [9.17, 15) is 4.79 Å². The van der Waals surface area contributed by atoms with Crippen LogP contribution >= 0.6 is 0 Å². The Hall–Kier alpha value is -3.42. The predicted octanol–water partition coefficient (Wildman–Crippen LogP) is 2.67. The Morgan fingerprint density at radius 1 is 1.00 bits per heavy atom. The van der Waals surface area contributed by atoms with Gasteiger partial charge in [-0.25, -0.2) is 0 Å². The summed E-state index contributed by atoms with van der Waals surface area (Å²) in [4.78, 5) is 14.1. The molecule has 0 saturated carbocycles. The second-order valence-corrected chi connectivity index (χ2v) is 6.21. The summed E-state index contributed by atoms with van der Waals surface area (Å²) >= 11 is 0. The van der Waals surface area contributed by atoms with Gasteiger partial charge in [-0.2, -0.15) is 4.68 Å². The van der Waals surface area contributed by atoms with E-state index < -0.39 is 0 Å². The second kappa shape index (κ2) is 8.98. The molecule has 3 aromatic rings. The zero-order chi connectivity index (χ0) is 19.9. The summed E-state index contributed by atoms with van der Waals surface area (Å²) in [5.74, 6) is 2.28. The first-order valence-electron chi connectivity index (χ1n) is 8.94. The third-order valence-corrected chi connectivity index (χ3v) is 4.48. The summed E-state index contributed by atoms with van der Waals surface area (Å²) in [6.07, 6.45) is 1.65. The van der Waals surface area contributed by atoms with Gasteiger partial charge in [-0.3, -0.25) is 4.79 Å². The van der Waals surface area contributed by atoms with Crippen LogP contribution in [0.4, 0.5) is 5.69 Å². The van der Waals surface area contributed by atoms with Crippen molar-refractivity contribution in [1.29, 1.82) is 0 Å². The molecule has 28 heavy (non-hydrogen) atoms. The molecule has 0 spiro atoms. The highest BCUT2D eigenvalue weighted by atomic mass is 16.5. The Balaban J connectivity index is 1.57. The lowest BCUT2D eigenvalue weighted by Crippen LogP contribution is -2.26. The Morgan fingerprint density at radius 3 is 2.21 bits per heavy atom. The quantitative estimate of drug-likeness (QED) is 0.597. The molecule has 0 atom stereocenters. The smallest absolute Gasteiger partial charge is 0.226 e. The number of methoxy groups -OCH3 is 2. The van der Waals surface area contributed by atoms with Gasteiger partial charge in [0.1, 0.15) is 11.5 Å². The molecule has 8 heteroatoms. The third-order valence-electron chi connectivity index (χ3n) is 4.48. The van der Waals surface area contributed by atoms with E-state index in [2.05, 4.69) is 15.5 Å². The molecular weight excluding hydrogens is 358 g/mol. The van der Waals surface area contributed by atoms with Gasteiger partial charge in [0.15, 0.2) is 5.82 Å². The van der Waals surface area contributed by atoms with Crippen LogP contribution in [0.1, 0.15) is 18.7 Å². The van der Waals surface area contributed by atoms with Crippen LogP contribution < -0.4 is 14.4 Å². The summed E-state index contributed by atoms with van der Waals surface area (Å²) in [6, 6.07) is 14.9. The molecule has 1 aromatic heterocycles. The minimum Gasteiger partial charge on any atom is -0.497 e. The first-order chi connectivity index (χ1) is 13.6. The molecule has 3 rings (SSSR count). The molecule has 2 aromatic carbocycles. The number of aromatic nitrogens is 4. The minimum atomic E-state index is 0.0358.